The van der Waals surface area contributed by atoms with Gasteiger partial charge in [-0.1, -0.05) is 26.7 Å². The van der Waals surface area contributed by atoms with Gasteiger partial charge < -0.3 is 15.7 Å². The maximum absolute atomic E-state index is 11.9. The zero-order valence-electron chi connectivity index (χ0n) is 12.2. The van der Waals surface area contributed by atoms with E-state index in [2.05, 4.69) is 24.5 Å². The molecule has 110 valence electrons. The van der Waals surface area contributed by atoms with Crippen molar-refractivity contribution in [2.75, 3.05) is 6.54 Å². The molecule has 3 unspecified atom stereocenters. The number of nitrogens with one attached hydrogen (secondary N) is 2. The van der Waals surface area contributed by atoms with Gasteiger partial charge in [0.2, 0.25) is 0 Å². The summed E-state index contributed by atoms with van der Waals surface area (Å²) in [7, 11) is 0. The monoisotopic (exact) mass is 268 g/mol. The number of hydrogen-bond donors (Lipinski definition) is 3. The fourth-order valence-corrected chi connectivity index (χ4v) is 3.49. The molecule has 0 aliphatic heterocycles. The minimum absolute atomic E-state index is 0.0416. The van der Waals surface area contributed by atoms with Crippen molar-refractivity contribution in [3.05, 3.63) is 0 Å². The number of rotatable bonds is 3. The zero-order valence-corrected chi connectivity index (χ0v) is 12.2. The second kappa shape index (κ2) is 6.12. The summed E-state index contributed by atoms with van der Waals surface area (Å²) in [5.41, 5.74) is 0.221. The quantitative estimate of drug-likeness (QED) is 0.736. The van der Waals surface area contributed by atoms with E-state index >= 15 is 0 Å². The number of aliphatic hydroxyl groups excluding tert-OH is 1. The number of carbonyl (C=O) groups excluding carboxylic acids is 1. The first-order valence-corrected chi connectivity index (χ1v) is 7.70. The molecule has 2 aliphatic rings. The summed E-state index contributed by atoms with van der Waals surface area (Å²) in [6, 6.07) is 0.254. The van der Waals surface area contributed by atoms with E-state index in [9.17, 15) is 9.90 Å². The maximum atomic E-state index is 11.9. The van der Waals surface area contributed by atoms with E-state index in [1.54, 1.807) is 0 Å². The van der Waals surface area contributed by atoms with Crippen molar-refractivity contribution < 1.29 is 9.90 Å². The molecule has 4 nitrogen and oxygen atoms in total. The van der Waals surface area contributed by atoms with Crippen LogP contribution in [0, 0.1) is 11.3 Å². The largest absolute Gasteiger partial charge is 0.393 e. The molecule has 3 N–H and O–H groups in total. The Kier molecular flexibility index (Phi) is 4.71. The van der Waals surface area contributed by atoms with Gasteiger partial charge in [-0.25, -0.2) is 4.79 Å². The van der Waals surface area contributed by atoms with Crippen LogP contribution in [0.4, 0.5) is 4.79 Å². The van der Waals surface area contributed by atoms with Gasteiger partial charge in [-0.05, 0) is 43.4 Å². The molecule has 0 radical (unpaired) electrons. The fourth-order valence-electron chi connectivity index (χ4n) is 3.49. The molecule has 2 aliphatic carbocycles. The Morgan fingerprint density at radius 3 is 2.68 bits per heavy atom. The highest BCUT2D eigenvalue weighted by molar-refractivity contribution is 5.74. The lowest BCUT2D eigenvalue weighted by atomic mass is 9.87. The van der Waals surface area contributed by atoms with Gasteiger partial charge in [0.15, 0.2) is 0 Å². The third-order valence-electron chi connectivity index (χ3n) is 4.87. The summed E-state index contributed by atoms with van der Waals surface area (Å²) >= 11 is 0. The van der Waals surface area contributed by atoms with Crippen LogP contribution in [0.5, 0.6) is 0 Å². The number of hydrogen-bond acceptors (Lipinski definition) is 2. The standard InChI is InChI=1S/C15H28N2O2/c1-15(2)8-4-7-13(15)17-14(19)16-10-11-5-3-6-12(18)9-11/h11-13,18H,3-10H2,1-2H3,(H2,16,17,19). The molecule has 0 aromatic carbocycles. The molecular formula is C15H28N2O2. The fraction of sp³-hybridized carbons (Fsp3) is 0.933. The van der Waals surface area contributed by atoms with Gasteiger partial charge in [-0.3, -0.25) is 0 Å². The van der Waals surface area contributed by atoms with Crippen LogP contribution in [0.2, 0.25) is 0 Å². The predicted octanol–water partition coefficient (Wildman–Crippen LogP) is 2.42. The molecule has 0 aromatic heterocycles. The molecule has 0 bridgehead atoms. The third-order valence-corrected chi connectivity index (χ3v) is 4.87. The SMILES string of the molecule is CC1(C)CCCC1NC(=O)NCC1CCCC(O)C1. The molecule has 0 aromatic rings. The maximum Gasteiger partial charge on any atom is 0.315 e. The molecule has 0 spiro atoms. The average Bonchev–Trinajstić information content (AvgIpc) is 2.66. The Balaban J connectivity index is 1.70. The van der Waals surface area contributed by atoms with Gasteiger partial charge in [0.1, 0.15) is 0 Å². The first-order chi connectivity index (χ1) is 8.97. The van der Waals surface area contributed by atoms with E-state index in [-0.39, 0.29) is 17.6 Å². The Morgan fingerprint density at radius 1 is 1.26 bits per heavy atom. The molecule has 3 atom stereocenters. The number of aliphatic hydroxyl groups is 1. The lowest BCUT2D eigenvalue weighted by molar-refractivity contribution is 0.101. The van der Waals surface area contributed by atoms with Gasteiger partial charge in [-0.15, -0.1) is 0 Å². The van der Waals surface area contributed by atoms with Crippen LogP contribution in [0.1, 0.15) is 58.8 Å². The first-order valence-electron chi connectivity index (χ1n) is 7.70. The van der Waals surface area contributed by atoms with E-state index < -0.39 is 0 Å². The third kappa shape index (κ3) is 4.10. The predicted molar refractivity (Wildman–Crippen MR) is 75.9 cm³/mol. The molecule has 2 fully saturated rings. The lowest BCUT2D eigenvalue weighted by Crippen LogP contribution is -2.47. The normalized spacial score (nSPS) is 33.9. The zero-order chi connectivity index (χ0) is 13.9. The lowest BCUT2D eigenvalue weighted by Gasteiger charge is -2.29. The highest BCUT2D eigenvalue weighted by Crippen LogP contribution is 2.37. The van der Waals surface area contributed by atoms with Gasteiger partial charge in [0, 0.05) is 12.6 Å². The van der Waals surface area contributed by atoms with Crippen molar-refractivity contribution >= 4 is 6.03 Å². The van der Waals surface area contributed by atoms with Crippen molar-refractivity contribution in [2.24, 2.45) is 11.3 Å². The average molecular weight is 268 g/mol. The minimum Gasteiger partial charge on any atom is -0.393 e. The summed E-state index contributed by atoms with van der Waals surface area (Å²) in [6.07, 6.45) is 7.24. The topological polar surface area (TPSA) is 61.4 Å². The molecular weight excluding hydrogens is 240 g/mol. The Morgan fingerprint density at radius 2 is 2.05 bits per heavy atom. The van der Waals surface area contributed by atoms with Crippen LogP contribution in [0.15, 0.2) is 0 Å². The van der Waals surface area contributed by atoms with Crippen molar-refractivity contribution in [3.63, 3.8) is 0 Å². The van der Waals surface area contributed by atoms with E-state index in [1.807, 2.05) is 0 Å². The van der Waals surface area contributed by atoms with Crippen molar-refractivity contribution in [3.8, 4) is 0 Å². The number of urea groups is 1. The minimum atomic E-state index is -0.169. The summed E-state index contributed by atoms with van der Waals surface area (Å²) in [6.45, 7) is 5.14. The van der Waals surface area contributed by atoms with Crippen molar-refractivity contribution in [1.29, 1.82) is 0 Å². The van der Waals surface area contributed by atoms with Gasteiger partial charge in [-0.2, -0.15) is 0 Å². The van der Waals surface area contributed by atoms with Crippen molar-refractivity contribution in [1.82, 2.24) is 10.6 Å². The van der Waals surface area contributed by atoms with Crippen LogP contribution in [-0.2, 0) is 0 Å². The van der Waals surface area contributed by atoms with E-state index in [1.165, 1.54) is 12.8 Å². The van der Waals surface area contributed by atoms with Gasteiger partial charge in [0.05, 0.1) is 6.10 Å². The van der Waals surface area contributed by atoms with Crippen LogP contribution < -0.4 is 10.6 Å². The van der Waals surface area contributed by atoms with Crippen LogP contribution >= 0.6 is 0 Å². The van der Waals surface area contributed by atoms with Crippen molar-refractivity contribution in [2.45, 2.75) is 70.9 Å². The number of amides is 2. The Bertz CT molecular complexity index is 317. The first kappa shape index (κ1) is 14.6. The molecule has 4 heteroatoms. The molecule has 19 heavy (non-hydrogen) atoms. The Hall–Kier alpha value is -0.770. The van der Waals surface area contributed by atoms with Crippen LogP contribution in [0.3, 0.4) is 0 Å². The number of carbonyl (C=O) groups is 1. The molecule has 2 rings (SSSR count). The molecule has 2 amide bonds. The highest BCUT2D eigenvalue weighted by Gasteiger charge is 2.35. The van der Waals surface area contributed by atoms with Gasteiger partial charge in [0.25, 0.3) is 0 Å². The summed E-state index contributed by atoms with van der Waals surface area (Å²) in [4.78, 5) is 11.9. The van der Waals surface area contributed by atoms with E-state index in [0.29, 0.717) is 18.5 Å². The van der Waals surface area contributed by atoms with Crippen LogP contribution in [0.25, 0.3) is 0 Å². The summed E-state index contributed by atoms with van der Waals surface area (Å²) in [5.74, 6) is 0.436. The smallest absolute Gasteiger partial charge is 0.315 e. The second-order valence-corrected chi connectivity index (χ2v) is 6.97. The Labute approximate surface area is 116 Å². The molecule has 2 saturated carbocycles. The van der Waals surface area contributed by atoms with Crippen LogP contribution in [-0.4, -0.2) is 29.8 Å². The molecule has 0 saturated heterocycles. The summed E-state index contributed by atoms with van der Waals surface area (Å²) in [5, 5.41) is 15.7. The van der Waals surface area contributed by atoms with Gasteiger partial charge >= 0.3 is 6.03 Å². The summed E-state index contributed by atoms with van der Waals surface area (Å²) < 4.78 is 0. The van der Waals surface area contributed by atoms with E-state index in [0.717, 1.165) is 32.1 Å². The second-order valence-electron chi connectivity index (χ2n) is 6.97. The van der Waals surface area contributed by atoms with E-state index in [4.69, 9.17) is 0 Å². The highest BCUT2D eigenvalue weighted by atomic mass is 16.3. The molecule has 0 heterocycles.